The molecule has 1 aliphatic rings. The molecule has 0 heterocycles. The summed E-state index contributed by atoms with van der Waals surface area (Å²) < 4.78 is 0. The zero-order chi connectivity index (χ0) is 10.1. The van der Waals surface area contributed by atoms with Crippen LogP contribution in [0, 0.1) is 10.8 Å². The largest absolute Gasteiger partial charge is 0.370 e. The van der Waals surface area contributed by atoms with Crippen molar-refractivity contribution >= 4 is 5.91 Å². The molecule has 0 spiro atoms. The average molecular weight is 183 g/mol. The Kier molecular flexibility index (Phi) is 2.69. The predicted molar refractivity (Wildman–Crippen MR) is 54.2 cm³/mol. The van der Waals surface area contributed by atoms with E-state index in [-0.39, 0.29) is 11.3 Å². The van der Waals surface area contributed by atoms with Crippen LogP contribution >= 0.6 is 0 Å². The smallest absolute Gasteiger partial charge is 0.217 e. The summed E-state index contributed by atoms with van der Waals surface area (Å²) in [5.41, 5.74) is 5.81. The van der Waals surface area contributed by atoms with E-state index in [1.165, 1.54) is 12.8 Å². The molecule has 2 heteroatoms. The zero-order valence-electron chi connectivity index (χ0n) is 9.02. The van der Waals surface area contributed by atoms with Gasteiger partial charge in [-0.3, -0.25) is 4.79 Å². The van der Waals surface area contributed by atoms with Crippen molar-refractivity contribution in [2.75, 3.05) is 0 Å². The van der Waals surface area contributed by atoms with Crippen LogP contribution < -0.4 is 5.73 Å². The summed E-state index contributed by atoms with van der Waals surface area (Å²) in [5, 5.41) is 0. The van der Waals surface area contributed by atoms with Crippen molar-refractivity contribution < 1.29 is 4.79 Å². The first-order valence-corrected chi connectivity index (χ1v) is 5.11. The third kappa shape index (κ3) is 3.02. The summed E-state index contributed by atoms with van der Waals surface area (Å²) >= 11 is 0. The zero-order valence-corrected chi connectivity index (χ0v) is 9.02. The first kappa shape index (κ1) is 10.6. The van der Waals surface area contributed by atoms with Gasteiger partial charge in [0.1, 0.15) is 0 Å². The SMILES string of the molecule is CC1(C)CCCC(C)(CC(N)=O)C1. The van der Waals surface area contributed by atoms with Gasteiger partial charge in [0.15, 0.2) is 0 Å². The molecule has 2 nitrogen and oxygen atoms in total. The summed E-state index contributed by atoms with van der Waals surface area (Å²) in [6.07, 6.45) is 5.34. The molecule has 1 unspecified atom stereocenters. The topological polar surface area (TPSA) is 43.1 Å². The molecule has 1 rings (SSSR count). The number of rotatable bonds is 2. The Morgan fingerprint density at radius 1 is 1.31 bits per heavy atom. The van der Waals surface area contributed by atoms with Gasteiger partial charge in [0.25, 0.3) is 0 Å². The van der Waals surface area contributed by atoms with Gasteiger partial charge in [-0.1, -0.05) is 27.2 Å². The third-order valence-corrected chi connectivity index (χ3v) is 3.14. The second-order valence-corrected chi connectivity index (χ2v) is 5.65. The lowest BCUT2D eigenvalue weighted by Gasteiger charge is -2.42. The normalized spacial score (nSPS) is 32.8. The molecule has 0 aromatic carbocycles. The van der Waals surface area contributed by atoms with Gasteiger partial charge in [0.05, 0.1) is 0 Å². The van der Waals surface area contributed by atoms with E-state index < -0.39 is 0 Å². The van der Waals surface area contributed by atoms with Crippen molar-refractivity contribution in [3.05, 3.63) is 0 Å². The Morgan fingerprint density at radius 2 is 1.92 bits per heavy atom. The number of primary amides is 1. The van der Waals surface area contributed by atoms with Gasteiger partial charge < -0.3 is 5.73 Å². The van der Waals surface area contributed by atoms with Crippen LogP contribution in [0.25, 0.3) is 0 Å². The van der Waals surface area contributed by atoms with Crippen LogP contribution in [0.1, 0.15) is 52.9 Å². The molecule has 1 aliphatic carbocycles. The molecule has 1 fully saturated rings. The Hall–Kier alpha value is -0.530. The number of hydrogen-bond acceptors (Lipinski definition) is 1. The van der Waals surface area contributed by atoms with E-state index in [0.29, 0.717) is 11.8 Å². The lowest BCUT2D eigenvalue weighted by molar-refractivity contribution is -0.121. The minimum atomic E-state index is -0.153. The highest BCUT2D eigenvalue weighted by Crippen LogP contribution is 2.47. The first-order valence-electron chi connectivity index (χ1n) is 5.11. The van der Waals surface area contributed by atoms with E-state index in [2.05, 4.69) is 20.8 Å². The number of hydrogen-bond donors (Lipinski definition) is 1. The maximum absolute atomic E-state index is 10.9. The van der Waals surface area contributed by atoms with E-state index in [1.807, 2.05) is 0 Å². The van der Waals surface area contributed by atoms with Crippen molar-refractivity contribution in [2.45, 2.75) is 52.9 Å². The van der Waals surface area contributed by atoms with Crippen molar-refractivity contribution in [1.82, 2.24) is 0 Å². The van der Waals surface area contributed by atoms with Gasteiger partial charge >= 0.3 is 0 Å². The van der Waals surface area contributed by atoms with E-state index in [1.54, 1.807) is 0 Å². The maximum Gasteiger partial charge on any atom is 0.217 e. The molecule has 76 valence electrons. The molecule has 1 amide bonds. The quantitative estimate of drug-likeness (QED) is 0.702. The van der Waals surface area contributed by atoms with E-state index >= 15 is 0 Å². The highest BCUT2D eigenvalue weighted by Gasteiger charge is 2.37. The summed E-state index contributed by atoms with van der Waals surface area (Å²) in [5.74, 6) is -0.153. The van der Waals surface area contributed by atoms with Gasteiger partial charge in [-0.15, -0.1) is 0 Å². The van der Waals surface area contributed by atoms with Crippen LogP contribution in [0.15, 0.2) is 0 Å². The molecule has 2 N–H and O–H groups in total. The molecule has 1 atom stereocenters. The molecule has 0 aromatic rings. The van der Waals surface area contributed by atoms with Gasteiger partial charge in [0.2, 0.25) is 5.91 Å². The molecule has 0 saturated heterocycles. The van der Waals surface area contributed by atoms with Gasteiger partial charge in [0, 0.05) is 6.42 Å². The minimum Gasteiger partial charge on any atom is -0.370 e. The van der Waals surface area contributed by atoms with Crippen LogP contribution in [0.2, 0.25) is 0 Å². The lowest BCUT2D eigenvalue weighted by atomic mass is 9.63. The average Bonchev–Trinajstić information content (AvgIpc) is 1.79. The second-order valence-electron chi connectivity index (χ2n) is 5.65. The molecule has 0 aliphatic heterocycles. The molecular weight excluding hydrogens is 162 g/mol. The van der Waals surface area contributed by atoms with E-state index in [9.17, 15) is 4.79 Å². The van der Waals surface area contributed by atoms with Crippen molar-refractivity contribution in [1.29, 1.82) is 0 Å². The third-order valence-electron chi connectivity index (χ3n) is 3.14. The molecule has 0 aromatic heterocycles. The Morgan fingerprint density at radius 3 is 2.38 bits per heavy atom. The van der Waals surface area contributed by atoms with E-state index in [4.69, 9.17) is 5.73 Å². The molecule has 1 saturated carbocycles. The molecule has 0 bridgehead atoms. The lowest BCUT2D eigenvalue weighted by Crippen LogP contribution is -2.34. The van der Waals surface area contributed by atoms with Gasteiger partial charge in [-0.05, 0) is 30.1 Å². The highest BCUT2D eigenvalue weighted by molar-refractivity contribution is 5.74. The summed E-state index contributed by atoms with van der Waals surface area (Å²) in [6, 6.07) is 0. The Bertz CT molecular complexity index is 210. The fourth-order valence-electron chi connectivity index (χ4n) is 2.90. The second kappa shape index (κ2) is 3.32. The number of carbonyl (C=O) groups excluding carboxylic acids is 1. The minimum absolute atomic E-state index is 0.153. The Labute approximate surface area is 80.9 Å². The van der Waals surface area contributed by atoms with Crippen molar-refractivity contribution in [3.63, 3.8) is 0 Å². The summed E-state index contributed by atoms with van der Waals surface area (Å²) in [4.78, 5) is 10.9. The number of carbonyl (C=O) groups is 1. The van der Waals surface area contributed by atoms with Crippen LogP contribution in [0.5, 0.6) is 0 Å². The predicted octanol–water partition coefficient (Wildman–Crippen LogP) is 2.47. The summed E-state index contributed by atoms with van der Waals surface area (Å²) in [6.45, 7) is 6.76. The summed E-state index contributed by atoms with van der Waals surface area (Å²) in [7, 11) is 0. The number of nitrogens with two attached hydrogens (primary N) is 1. The van der Waals surface area contributed by atoms with E-state index in [0.717, 1.165) is 12.8 Å². The first-order chi connectivity index (χ1) is 5.83. The van der Waals surface area contributed by atoms with Crippen LogP contribution in [0.4, 0.5) is 0 Å². The maximum atomic E-state index is 10.9. The van der Waals surface area contributed by atoms with Crippen molar-refractivity contribution in [3.8, 4) is 0 Å². The van der Waals surface area contributed by atoms with Crippen LogP contribution in [-0.2, 0) is 4.79 Å². The Balaban J connectivity index is 2.63. The number of amides is 1. The molecule has 0 radical (unpaired) electrons. The molecule has 13 heavy (non-hydrogen) atoms. The highest BCUT2D eigenvalue weighted by atomic mass is 16.1. The van der Waals surface area contributed by atoms with Gasteiger partial charge in [-0.25, -0.2) is 0 Å². The fourth-order valence-corrected chi connectivity index (χ4v) is 2.90. The monoisotopic (exact) mass is 183 g/mol. The van der Waals surface area contributed by atoms with Crippen LogP contribution in [0.3, 0.4) is 0 Å². The van der Waals surface area contributed by atoms with Crippen molar-refractivity contribution in [2.24, 2.45) is 16.6 Å². The molecular formula is C11H21NO. The standard InChI is InChI=1S/C11H21NO/c1-10(2)5-4-6-11(3,8-10)7-9(12)13/h4-8H2,1-3H3,(H2,12,13). The van der Waals surface area contributed by atoms with Gasteiger partial charge in [-0.2, -0.15) is 0 Å². The van der Waals surface area contributed by atoms with Crippen LogP contribution in [-0.4, -0.2) is 5.91 Å². The fraction of sp³-hybridized carbons (Fsp3) is 0.909.